The number of carbonyl (C=O) groups excluding carboxylic acids is 2. The molecular weight excluding hydrogens is 472 g/mol. The van der Waals surface area contributed by atoms with Gasteiger partial charge < -0.3 is 4.90 Å². The molecule has 2 aromatic carbocycles. The Balaban J connectivity index is 1.58. The normalized spacial score (nSPS) is 13.7. The minimum Gasteiger partial charge on any atom is -0.301 e. The number of nitrogens with one attached hydrogen (secondary N) is 1. The summed E-state index contributed by atoms with van der Waals surface area (Å²) in [6.45, 7) is 1.63. The van der Waals surface area contributed by atoms with Gasteiger partial charge in [-0.2, -0.15) is 10.2 Å². The number of rotatable bonds is 5. The van der Waals surface area contributed by atoms with Crippen molar-refractivity contribution in [2.75, 3.05) is 18.0 Å². The molecule has 0 spiro atoms. The molecule has 1 N–H and O–H groups in total. The summed E-state index contributed by atoms with van der Waals surface area (Å²) in [4.78, 5) is 31.5. The molecule has 4 rings (SSSR count). The van der Waals surface area contributed by atoms with Crippen molar-refractivity contribution < 1.29 is 9.59 Å². The average molecular weight is 493 g/mol. The summed E-state index contributed by atoms with van der Waals surface area (Å²) >= 11 is 3.50. The molecule has 0 radical (unpaired) electrons. The second-order valence-corrected chi connectivity index (χ2v) is 8.22. The predicted molar refractivity (Wildman–Crippen MR) is 127 cm³/mol. The highest BCUT2D eigenvalue weighted by atomic mass is 79.9. The number of anilines is 1. The van der Waals surface area contributed by atoms with E-state index in [4.69, 9.17) is 0 Å². The molecule has 0 saturated carbocycles. The lowest BCUT2D eigenvalue weighted by molar-refractivity contribution is -0.123. The van der Waals surface area contributed by atoms with E-state index in [1.807, 2.05) is 62.5 Å². The number of benzodiazepines with no additional fused rings is 1. The molecule has 0 saturated heterocycles. The van der Waals surface area contributed by atoms with Gasteiger partial charge in [0, 0.05) is 34.4 Å². The minimum atomic E-state index is -0.409. The Bertz CT molecular complexity index is 1230. The van der Waals surface area contributed by atoms with Crippen LogP contribution in [0.2, 0.25) is 0 Å². The number of aliphatic imine (C=N–C) groups is 1. The smallest absolute Gasteiger partial charge is 0.260 e. The third-order valence-corrected chi connectivity index (χ3v) is 5.46. The molecule has 32 heavy (non-hydrogen) atoms. The highest BCUT2D eigenvalue weighted by molar-refractivity contribution is 9.10. The van der Waals surface area contributed by atoms with Crippen LogP contribution in [0.15, 0.2) is 69.3 Å². The Morgan fingerprint density at radius 2 is 2.03 bits per heavy atom. The monoisotopic (exact) mass is 492 g/mol. The maximum absolute atomic E-state index is 12.9. The second-order valence-electron chi connectivity index (χ2n) is 7.31. The third-order valence-electron chi connectivity index (χ3n) is 4.97. The van der Waals surface area contributed by atoms with Crippen molar-refractivity contribution in [1.82, 2.24) is 15.2 Å². The summed E-state index contributed by atoms with van der Waals surface area (Å²) in [6.07, 6.45) is 3.34. The molecule has 0 atom stereocenters. The number of benzene rings is 2. The Hall–Kier alpha value is -3.59. The van der Waals surface area contributed by atoms with E-state index in [9.17, 15) is 9.59 Å². The first kappa shape index (κ1) is 21.6. The summed E-state index contributed by atoms with van der Waals surface area (Å²) in [5.74, 6) is -0.671. The van der Waals surface area contributed by atoms with Crippen LogP contribution < -0.4 is 10.3 Å². The number of hydrogen-bond donors (Lipinski definition) is 1. The van der Waals surface area contributed by atoms with E-state index in [-0.39, 0.29) is 19.0 Å². The van der Waals surface area contributed by atoms with Gasteiger partial charge in [0.05, 0.1) is 23.3 Å². The lowest BCUT2D eigenvalue weighted by atomic mass is 10.0. The van der Waals surface area contributed by atoms with Gasteiger partial charge in [-0.1, -0.05) is 46.3 Å². The van der Waals surface area contributed by atoms with Gasteiger partial charge in [-0.05, 0) is 25.1 Å². The van der Waals surface area contributed by atoms with Gasteiger partial charge in [-0.3, -0.25) is 19.3 Å². The fourth-order valence-electron chi connectivity index (χ4n) is 3.50. The Morgan fingerprint density at radius 3 is 2.75 bits per heavy atom. The molecule has 9 heteroatoms. The lowest BCUT2D eigenvalue weighted by Crippen LogP contribution is -2.40. The zero-order valence-electron chi connectivity index (χ0n) is 17.6. The van der Waals surface area contributed by atoms with Crippen LogP contribution >= 0.6 is 15.9 Å². The fraction of sp³-hybridized carbons (Fsp3) is 0.174. The first-order chi connectivity index (χ1) is 15.4. The molecule has 0 bridgehead atoms. The predicted octanol–water partition coefficient (Wildman–Crippen LogP) is 2.83. The highest BCUT2D eigenvalue weighted by Gasteiger charge is 2.27. The molecule has 3 aromatic rings. The number of halogens is 1. The summed E-state index contributed by atoms with van der Waals surface area (Å²) in [5, 5.41) is 8.24. The van der Waals surface area contributed by atoms with Gasteiger partial charge in [0.2, 0.25) is 5.91 Å². The van der Waals surface area contributed by atoms with Crippen molar-refractivity contribution in [3.05, 3.63) is 81.6 Å². The summed E-state index contributed by atoms with van der Waals surface area (Å²) in [5.41, 5.74) is 7.12. The van der Waals surface area contributed by atoms with Crippen molar-refractivity contribution >= 4 is 45.4 Å². The molecule has 2 amide bonds. The largest absolute Gasteiger partial charge is 0.301 e. The van der Waals surface area contributed by atoms with E-state index in [1.54, 1.807) is 10.9 Å². The topological polar surface area (TPSA) is 92.0 Å². The first-order valence-electron chi connectivity index (χ1n) is 9.94. The number of aryl methyl sites for hydroxylation is 2. The molecule has 1 aliphatic rings. The van der Waals surface area contributed by atoms with Crippen LogP contribution in [0.25, 0.3) is 0 Å². The van der Waals surface area contributed by atoms with Gasteiger partial charge in [-0.25, -0.2) is 5.43 Å². The second kappa shape index (κ2) is 9.27. The molecule has 2 heterocycles. The van der Waals surface area contributed by atoms with Crippen LogP contribution in [0.1, 0.15) is 22.4 Å². The number of fused-ring (bicyclic) bond motifs is 1. The van der Waals surface area contributed by atoms with E-state index < -0.39 is 5.91 Å². The molecular formula is C23H21BrN6O2. The summed E-state index contributed by atoms with van der Waals surface area (Å²) in [7, 11) is 1.81. The van der Waals surface area contributed by atoms with E-state index in [0.29, 0.717) is 11.4 Å². The Labute approximate surface area is 193 Å². The zero-order chi connectivity index (χ0) is 22.7. The molecule has 0 fully saturated rings. The fourth-order valence-corrected chi connectivity index (χ4v) is 3.86. The van der Waals surface area contributed by atoms with Crippen LogP contribution in [0.4, 0.5) is 5.69 Å². The quantitative estimate of drug-likeness (QED) is 0.438. The SMILES string of the molecule is Cc1nn(C)cc1/C=N\NC(=O)CN1C(=O)CN=C(c2ccccc2)c2cc(Br)ccc21. The van der Waals surface area contributed by atoms with Crippen LogP contribution in [0.3, 0.4) is 0 Å². The van der Waals surface area contributed by atoms with Crippen molar-refractivity contribution in [2.45, 2.75) is 6.92 Å². The van der Waals surface area contributed by atoms with Crippen molar-refractivity contribution in [1.29, 1.82) is 0 Å². The Morgan fingerprint density at radius 1 is 1.25 bits per heavy atom. The number of aromatic nitrogens is 2. The van der Waals surface area contributed by atoms with Crippen molar-refractivity contribution in [3.8, 4) is 0 Å². The molecule has 1 aliphatic heterocycles. The number of carbonyl (C=O) groups is 2. The maximum atomic E-state index is 12.9. The standard InChI is InChI=1S/C23H21BrN6O2/c1-15-17(13-29(2)28-15)11-26-27-21(31)14-30-20-9-8-18(24)10-19(20)23(25-12-22(30)32)16-6-4-3-5-7-16/h3-11,13H,12,14H2,1-2H3,(H,27,31)/b26-11-. The van der Waals surface area contributed by atoms with Crippen molar-refractivity contribution in [3.63, 3.8) is 0 Å². The van der Waals surface area contributed by atoms with Crippen LogP contribution in [-0.4, -0.2) is 46.6 Å². The number of amides is 2. The lowest BCUT2D eigenvalue weighted by Gasteiger charge is -2.22. The Kier molecular flexibility index (Phi) is 6.27. The van der Waals surface area contributed by atoms with Gasteiger partial charge in [0.1, 0.15) is 13.1 Å². The van der Waals surface area contributed by atoms with Gasteiger partial charge in [-0.15, -0.1) is 0 Å². The van der Waals surface area contributed by atoms with Crippen LogP contribution in [0.5, 0.6) is 0 Å². The first-order valence-corrected chi connectivity index (χ1v) is 10.7. The van der Waals surface area contributed by atoms with Gasteiger partial charge in [0.15, 0.2) is 0 Å². The summed E-state index contributed by atoms with van der Waals surface area (Å²) in [6, 6.07) is 15.2. The number of hydrazone groups is 1. The van der Waals surface area contributed by atoms with E-state index in [2.05, 4.69) is 36.5 Å². The van der Waals surface area contributed by atoms with Crippen molar-refractivity contribution in [2.24, 2.45) is 17.1 Å². The van der Waals surface area contributed by atoms with Gasteiger partial charge in [0.25, 0.3) is 5.91 Å². The highest BCUT2D eigenvalue weighted by Crippen LogP contribution is 2.29. The minimum absolute atomic E-state index is 0.0536. The molecule has 0 unspecified atom stereocenters. The van der Waals surface area contributed by atoms with Gasteiger partial charge >= 0.3 is 0 Å². The molecule has 8 nitrogen and oxygen atoms in total. The van der Waals surface area contributed by atoms with E-state index >= 15 is 0 Å². The van der Waals surface area contributed by atoms with Crippen LogP contribution in [-0.2, 0) is 16.6 Å². The molecule has 0 aliphatic carbocycles. The zero-order valence-corrected chi connectivity index (χ0v) is 19.2. The van der Waals surface area contributed by atoms with E-state index in [0.717, 1.165) is 26.9 Å². The average Bonchev–Trinajstić information content (AvgIpc) is 3.03. The number of nitrogens with zero attached hydrogens (tertiary/aromatic N) is 5. The third kappa shape index (κ3) is 4.67. The van der Waals surface area contributed by atoms with E-state index in [1.165, 1.54) is 11.1 Å². The molecule has 162 valence electrons. The van der Waals surface area contributed by atoms with Crippen LogP contribution in [0, 0.1) is 6.92 Å². The molecule has 1 aromatic heterocycles. The summed E-state index contributed by atoms with van der Waals surface area (Å²) < 4.78 is 2.53. The maximum Gasteiger partial charge on any atom is 0.260 e. The number of hydrogen-bond acceptors (Lipinski definition) is 5.